The highest BCUT2D eigenvalue weighted by Gasteiger charge is 2.17. The lowest BCUT2D eigenvalue weighted by Crippen LogP contribution is -2.45. The fraction of sp³-hybridized carbons (Fsp3) is 0.667. The van der Waals surface area contributed by atoms with Crippen LogP contribution in [0.3, 0.4) is 0 Å². The van der Waals surface area contributed by atoms with Crippen LogP contribution in [0.2, 0.25) is 0 Å². The monoisotopic (exact) mass is 232 g/mol. The quantitative estimate of drug-likeness (QED) is 0.452. The Morgan fingerprint density at radius 2 is 1.81 bits per heavy atom. The molecule has 0 rings (SSSR count). The van der Waals surface area contributed by atoms with E-state index in [4.69, 9.17) is 15.9 Å². The molecule has 1 amide bonds. The van der Waals surface area contributed by atoms with E-state index in [1.165, 1.54) is 6.92 Å². The molecule has 5 N–H and O–H groups in total. The summed E-state index contributed by atoms with van der Waals surface area (Å²) in [5.41, 5.74) is 5.42. The zero-order chi connectivity index (χ0) is 12.7. The van der Waals surface area contributed by atoms with Gasteiger partial charge in [0.1, 0.15) is 0 Å². The Morgan fingerprint density at radius 3 is 2.25 bits per heavy atom. The maximum absolute atomic E-state index is 11.3. The molecule has 16 heavy (non-hydrogen) atoms. The molecule has 2 unspecified atom stereocenters. The Kier molecular flexibility index (Phi) is 6.09. The van der Waals surface area contributed by atoms with Crippen LogP contribution in [0.25, 0.3) is 0 Å². The fourth-order valence-corrected chi connectivity index (χ4v) is 1.07. The van der Waals surface area contributed by atoms with E-state index < -0.39 is 29.9 Å². The first-order chi connectivity index (χ1) is 7.32. The summed E-state index contributed by atoms with van der Waals surface area (Å²) < 4.78 is 0. The second-order valence-corrected chi connectivity index (χ2v) is 3.55. The molecule has 0 saturated heterocycles. The van der Waals surface area contributed by atoms with Gasteiger partial charge in [-0.1, -0.05) is 0 Å². The molecule has 0 radical (unpaired) electrons. The van der Waals surface area contributed by atoms with Crippen molar-refractivity contribution < 1.29 is 24.6 Å². The summed E-state index contributed by atoms with van der Waals surface area (Å²) in [6, 6.07) is -1.45. The van der Waals surface area contributed by atoms with Gasteiger partial charge in [-0.2, -0.15) is 0 Å². The first-order valence-corrected chi connectivity index (χ1v) is 4.82. The third-order valence-corrected chi connectivity index (χ3v) is 1.88. The van der Waals surface area contributed by atoms with E-state index in [-0.39, 0.29) is 19.3 Å². The average Bonchev–Trinajstić information content (AvgIpc) is 2.12. The molecule has 2 atom stereocenters. The van der Waals surface area contributed by atoms with Crippen LogP contribution in [-0.4, -0.2) is 40.1 Å². The van der Waals surface area contributed by atoms with Gasteiger partial charge in [0.2, 0.25) is 5.91 Å². The highest BCUT2D eigenvalue weighted by atomic mass is 16.4. The molecule has 0 aliphatic heterocycles. The summed E-state index contributed by atoms with van der Waals surface area (Å²) in [5.74, 6) is -2.58. The Labute approximate surface area is 92.6 Å². The standard InChI is InChI=1S/C9H16N2O5/c1-5(4-8(14)15)11-9(16)6(10)2-3-7(12)13/h5-6H,2-4,10H2,1H3,(H,11,16)(H,12,13)(H,14,15). The van der Waals surface area contributed by atoms with Gasteiger partial charge >= 0.3 is 11.9 Å². The molecule has 0 bridgehead atoms. The molecule has 0 aromatic carbocycles. The number of carboxylic acids is 2. The summed E-state index contributed by atoms with van der Waals surface area (Å²) in [6.45, 7) is 1.54. The van der Waals surface area contributed by atoms with Crippen LogP contribution in [0.15, 0.2) is 0 Å². The minimum absolute atomic E-state index is 0.0287. The van der Waals surface area contributed by atoms with Crippen molar-refractivity contribution in [2.45, 2.75) is 38.3 Å². The lowest BCUT2D eigenvalue weighted by Gasteiger charge is -2.15. The van der Waals surface area contributed by atoms with E-state index in [9.17, 15) is 14.4 Å². The number of carboxylic acid groups (broad SMARTS) is 2. The Balaban J connectivity index is 3.95. The lowest BCUT2D eigenvalue weighted by molar-refractivity contribution is -0.138. The largest absolute Gasteiger partial charge is 0.481 e. The molecule has 0 aromatic rings. The van der Waals surface area contributed by atoms with Crippen LogP contribution in [0, 0.1) is 0 Å². The van der Waals surface area contributed by atoms with Gasteiger partial charge in [-0.05, 0) is 13.3 Å². The summed E-state index contributed by atoms with van der Waals surface area (Å²) in [5, 5.41) is 19.2. The van der Waals surface area contributed by atoms with Crippen LogP contribution in [0.4, 0.5) is 0 Å². The zero-order valence-corrected chi connectivity index (χ0v) is 8.97. The van der Waals surface area contributed by atoms with Gasteiger partial charge in [-0.25, -0.2) is 0 Å². The second kappa shape index (κ2) is 6.78. The number of amides is 1. The molecule has 0 saturated carbocycles. The van der Waals surface area contributed by atoms with Crippen LogP contribution in [-0.2, 0) is 14.4 Å². The molecule has 0 aromatic heterocycles. The number of rotatable bonds is 7. The van der Waals surface area contributed by atoms with E-state index in [0.717, 1.165) is 0 Å². The molecular weight excluding hydrogens is 216 g/mol. The molecule has 92 valence electrons. The molecule has 0 fully saturated rings. The first kappa shape index (κ1) is 14.4. The molecule has 0 heterocycles. The van der Waals surface area contributed by atoms with Crippen LogP contribution >= 0.6 is 0 Å². The minimum Gasteiger partial charge on any atom is -0.481 e. The molecular formula is C9H16N2O5. The summed E-state index contributed by atoms with van der Waals surface area (Å²) in [7, 11) is 0. The van der Waals surface area contributed by atoms with Crippen molar-refractivity contribution in [2.24, 2.45) is 5.73 Å². The normalized spacial score (nSPS) is 13.9. The van der Waals surface area contributed by atoms with Gasteiger partial charge in [-0.3, -0.25) is 14.4 Å². The summed E-state index contributed by atoms with van der Waals surface area (Å²) in [4.78, 5) is 31.9. The van der Waals surface area contributed by atoms with E-state index in [2.05, 4.69) is 5.32 Å². The Hall–Kier alpha value is -1.63. The maximum Gasteiger partial charge on any atom is 0.305 e. The van der Waals surface area contributed by atoms with Gasteiger partial charge in [0, 0.05) is 12.5 Å². The van der Waals surface area contributed by atoms with Gasteiger partial charge in [-0.15, -0.1) is 0 Å². The van der Waals surface area contributed by atoms with Crippen molar-refractivity contribution >= 4 is 17.8 Å². The van der Waals surface area contributed by atoms with Crippen molar-refractivity contribution in [2.75, 3.05) is 0 Å². The minimum atomic E-state index is -1.03. The smallest absolute Gasteiger partial charge is 0.305 e. The topological polar surface area (TPSA) is 130 Å². The van der Waals surface area contributed by atoms with Crippen molar-refractivity contribution in [3.05, 3.63) is 0 Å². The lowest BCUT2D eigenvalue weighted by atomic mass is 10.1. The van der Waals surface area contributed by atoms with E-state index in [0.29, 0.717) is 0 Å². The number of aliphatic carboxylic acids is 2. The highest BCUT2D eigenvalue weighted by Crippen LogP contribution is 1.97. The molecule has 7 heteroatoms. The molecule has 0 spiro atoms. The molecule has 0 aliphatic rings. The number of hydrogen-bond donors (Lipinski definition) is 4. The number of nitrogens with two attached hydrogens (primary N) is 1. The number of carbonyl (C=O) groups is 3. The van der Waals surface area contributed by atoms with Gasteiger partial charge in [0.05, 0.1) is 12.5 Å². The predicted octanol–water partition coefficient (Wildman–Crippen LogP) is -0.842. The third kappa shape index (κ3) is 6.77. The van der Waals surface area contributed by atoms with Crippen molar-refractivity contribution in [1.29, 1.82) is 0 Å². The Morgan fingerprint density at radius 1 is 1.25 bits per heavy atom. The summed E-state index contributed by atoms with van der Waals surface area (Å²) in [6.07, 6.45) is -0.361. The van der Waals surface area contributed by atoms with Gasteiger partial charge in [0.15, 0.2) is 0 Å². The number of hydrogen-bond acceptors (Lipinski definition) is 4. The van der Waals surface area contributed by atoms with Crippen molar-refractivity contribution in [3.8, 4) is 0 Å². The first-order valence-electron chi connectivity index (χ1n) is 4.82. The van der Waals surface area contributed by atoms with Crippen LogP contribution in [0.5, 0.6) is 0 Å². The van der Waals surface area contributed by atoms with E-state index in [1.54, 1.807) is 0 Å². The predicted molar refractivity (Wildman–Crippen MR) is 54.7 cm³/mol. The van der Waals surface area contributed by atoms with E-state index in [1.807, 2.05) is 0 Å². The zero-order valence-electron chi connectivity index (χ0n) is 8.97. The number of nitrogens with one attached hydrogen (secondary N) is 1. The van der Waals surface area contributed by atoms with Gasteiger partial charge in [0.25, 0.3) is 0 Å². The third-order valence-electron chi connectivity index (χ3n) is 1.88. The van der Waals surface area contributed by atoms with Crippen molar-refractivity contribution in [1.82, 2.24) is 5.32 Å². The SMILES string of the molecule is CC(CC(=O)O)NC(=O)C(N)CCC(=O)O. The van der Waals surface area contributed by atoms with Crippen LogP contribution < -0.4 is 11.1 Å². The van der Waals surface area contributed by atoms with Gasteiger partial charge < -0.3 is 21.3 Å². The van der Waals surface area contributed by atoms with E-state index >= 15 is 0 Å². The van der Waals surface area contributed by atoms with Crippen LogP contribution in [0.1, 0.15) is 26.2 Å². The second-order valence-electron chi connectivity index (χ2n) is 3.55. The molecule has 0 aliphatic carbocycles. The Bertz CT molecular complexity index is 279. The molecule has 7 nitrogen and oxygen atoms in total. The number of carbonyl (C=O) groups excluding carboxylic acids is 1. The summed E-state index contributed by atoms with van der Waals surface area (Å²) >= 11 is 0. The highest BCUT2D eigenvalue weighted by molar-refractivity contribution is 5.82. The fourth-order valence-electron chi connectivity index (χ4n) is 1.07. The van der Waals surface area contributed by atoms with Crippen molar-refractivity contribution in [3.63, 3.8) is 0 Å². The maximum atomic E-state index is 11.3. The average molecular weight is 232 g/mol.